The Kier molecular flexibility index (Phi) is 4.16. The molecule has 128 valence electrons. The predicted octanol–water partition coefficient (Wildman–Crippen LogP) is -1.51. The first-order valence-electron chi connectivity index (χ1n) is 7.57. The summed E-state index contributed by atoms with van der Waals surface area (Å²) in [6.07, 6.45) is 0.809. The monoisotopic (exact) mass is 334 g/mol. The summed E-state index contributed by atoms with van der Waals surface area (Å²) < 4.78 is 1.41. The zero-order chi connectivity index (χ0) is 17.4. The number of nitrogens with zero attached hydrogens (tertiary/aromatic N) is 4. The Morgan fingerprint density at radius 2 is 2.17 bits per heavy atom. The van der Waals surface area contributed by atoms with E-state index in [1.54, 1.807) is 6.92 Å². The van der Waals surface area contributed by atoms with E-state index >= 15 is 0 Å². The second kappa shape index (κ2) is 6.13. The number of carbonyl (C=O) groups excluding carboxylic acids is 2. The summed E-state index contributed by atoms with van der Waals surface area (Å²) in [5.74, 6) is -1.10. The van der Waals surface area contributed by atoms with Gasteiger partial charge in [0.1, 0.15) is 24.1 Å². The normalized spacial score (nSPS) is 26.6. The number of aliphatic hydroxyl groups is 2. The van der Waals surface area contributed by atoms with Crippen molar-refractivity contribution in [2.45, 2.75) is 44.1 Å². The van der Waals surface area contributed by atoms with Gasteiger partial charge >= 0.3 is 0 Å². The van der Waals surface area contributed by atoms with Gasteiger partial charge in [-0.1, -0.05) is 6.92 Å². The van der Waals surface area contributed by atoms with Gasteiger partial charge < -0.3 is 21.3 Å². The maximum atomic E-state index is 11.7. The highest BCUT2D eigenvalue weighted by molar-refractivity contribution is 5.92. The average Bonchev–Trinajstić information content (AvgIpc) is 3.07. The van der Waals surface area contributed by atoms with Gasteiger partial charge in [-0.3, -0.25) is 14.2 Å². The summed E-state index contributed by atoms with van der Waals surface area (Å²) >= 11 is 0. The molecule has 0 aliphatic heterocycles. The van der Waals surface area contributed by atoms with Crippen LogP contribution in [0.15, 0.2) is 12.5 Å². The zero-order valence-electron chi connectivity index (χ0n) is 13.0. The van der Waals surface area contributed by atoms with E-state index < -0.39 is 30.2 Å². The van der Waals surface area contributed by atoms with Crippen LogP contribution in [-0.4, -0.2) is 59.8 Å². The van der Waals surface area contributed by atoms with Gasteiger partial charge in [0, 0.05) is 6.42 Å². The maximum Gasteiger partial charge on any atom is 0.284 e. The maximum absolute atomic E-state index is 11.7. The van der Waals surface area contributed by atoms with E-state index in [0.717, 1.165) is 0 Å². The van der Waals surface area contributed by atoms with Crippen molar-refractivity contribution < 1.29 is 19.8 Å². The minimum absolute atomic E-state index is 0.0794. The van der Waals surface area contributed by atoms with E-state index in [9.17, 15) is 19.8 Å². The molecule has 2 amide bonds. The summed E-state index contributed by atoms with van der Waals surface area (Å²) in [5.41, 5.74) is 6.07. The molecule has 10 heteroatoms. The van der Waals surface area contributed by atoms with Crippen molar-refractivity contribution in [1.82, 2.24) is 24.8 Å². The van der Waals surface area contributed by atoms with Gasteiger partial charge in [-0.05, 0) is 6.42 Å². The summed E-state index contributed by atoms with van der Waals surface area (Å²) in [5, 5.41) is 23.3. The molecule has 1 aliphatic carbocycles. The third kappa shape index (κ3) is 2.59. The lowest BCUT2D eigenvalue weighted by molar-refractivity contribution is -0.122. The van der Waals surface area contributed by atoms with Gasteiger partial charge in [0.05, 0.1) is 18.3 Å². The molecule has 5 N–H and O–H groups in total. The molecular weight excluding hydrogens is 316 g/mol. The summed E-state index contributed by atoms with van der Waals surface area (Å²) in [6.45, 7) is 1.69. The van der Waals surface area contributed by atoms with Crippen LogP contribution in [0, 0.1) is 0 Å². The number of fused-ring (bicyclic) bond motifs is 1. The fourth-order valence-corrected chi connectivity index (χ4v) is 3.05. The van der Waals surface area contributed by atoms with Crippen molar-refractivity contribution in [3.8, 4) is 0 Å². The van der Waals surface area contributed by atoms with Gasteiger partial charge in [-0.2, -0.15) is 0 Å². The largest absolute Gasteiger partial charge is 0.388 e. The average molecular weight is 334 g/mol. The lowest BCUT2D eigenvalue weighted by atomic mass is 10.2. The molecule has 0 bridgehead atoms. The topological polar surface area (TPSA) is 156 Å². The quantitative estimate of drug-likeness (QED) is 0.529. The fraction of sp³-hybridized carbons (Fsp3) is 0.500. The molecular formula is C14H18N6O4. The molecule has 10 nitrogen and oxygen atoms in total. The molecule has 2 heterocycles. The predicted molar refractivity (Wildman–Crippen MR) is 81.7 cm³/mol. The Balaban J connectivity index is 2.02. The molecule has 1 fully saturated rings. The van der Waals surface area contributed by atoms with Crippen LogP contribution in [0.1, 0.15) is 36.4 Å². The molecule has 0 unspecified atom stereocenters. The molecule has 0 aromatic carbocycles. The van der Waals surface area contributed by atoms with Crippen LogP contribution < -0.4 is 11.1 Å². The molecule has 0 spiro atoms. The van der Waals surface area contributed by atoms with Crippen molar-refractivity contribution in [1.29, 1.82) is 0 Å². The number of rotatable bonds is 4. The Labute approximate surface area is 136 Å². The fourth-order valence-electron chi connectivity index (χ4n) is 3.05. The Hall–Kier alpha value is -2.59. The number of nitrogens with two attached hydrogens (primary N) is 1. The van der Waals surface area contributed by atoms with Crippen LogP contribution in [0.2, 0.25) is 0 Å². The van der Waals surface area contributed by atoms with E-state index in [1.165, 1.54) is 17.1 Å². The first kappa shape index (κ1) is 16.3. The third-order valence-electron chi connectivity index (χ3n) is 4.23. The number of hydrogen-bond acceptors (Lipinski definition) is 7. The third-order valence-corrected chi connectivity index (χ3v) is 4.23. The van der Waals surface area contributed by atoms with E-state index in [-0.39, 0.29) is 24.6 Å². The van der Waals surface area contributed by atoms with Crippen LogP contribution >= 0.6 is 0 Å². The van der Waals surface area contributed by atoms with Gasteiger partial charge in [0.15, 0.2) is 5.65 Å². The van der Waals surface area contributed by atoms with Gasteiger partial charge in [-0.15, -0.1) is 0 Å². The first-order valence-corrected chi connectivity index (χ1v) is 7.57. The van der Waals surface area contributed by atoms with Crippen LogP contribution in [-0.2, 0) is 4.79 Å². The van der Waals surface area contributed by atoms with Gasteiger partial charge in [0.25, 0.3) is 5.91 Å². The number of hydrogen-bond donors (Lipinski definition) is 4. The lowest BCUT2D eigenvalue weighted by Gasteiger charge is -2.19. The molecule has 4 atom stereocenters. The number of nitrogens with one attached hydrogen (secondary N) is 1. The molecule has 1 aliphatic rings. The Bertz CT molecular complexity index is 791. The highest BCUT2D eigenvalue weighted by Crippen LogP contribution is 2.34. The molecule has 3 rings (SSSR count). The van der Waals surface area contributed by atoms with Crippen LogP contribution in [0.3, 0.4) is 0 Å². The molecule has 0 saturated heterocycles. The first-order chi connectivity index (χ1) is 11.4. The van der Waals surface area contributed by atoms with E-state index in [1.807, 2.05) is 0 Å². The standard InChI is InChI=1S/C14H18N6O4/c1-2-9(21)18-6-3-8(11(23)10(6)22)20-13-7(4-16-5-17-13)19-14(20)12(15)24/h4-6,8,10-11,22-23H,2-3H2,1H3,(H2,15,24)(H,18,21)/t6-,8+,10+,11-/m0/s1. The molecule has 2 aromatic rings. The van der Waals surface area contributed by atoms with Crippen LogP contribution in [0.5, 0.6) is 0 Å². The molecule has 0 radical (unpaired) electrons. The van der Waals surface area contributed by atoms with Crippen LogP contribution in [0.25, 0.3) is 11.2 Å². The highest BCUT2D eigenvalue weighted by atomic mass is 16.3. The van der Waals surface area contributed by atoms with Crippen molar-refractivity contribution in [2.24, 2.45) is 5.73 Å². The highest BCUT2D eigenvalue weighted by Gasteiger charge is 2.44. The number of aromatic nitrogens is 4. The number of imidazole rings is 1. The van der Waals surface area contributed by atoms with E-state index in [0.29, 0.717) is 11.2 Å². The second-order valence-corrected chi connectivity index (χ2v) is 5.71. The van der Waals surface area contributed by atoms with Crippen molar-refractivity contribution in [3.05, 3.63) is 18.3 Å². The van der Waals surface area contributed by atoms with E-state index in [2.05, 4.69) is 20.3 Å². The van der Waals surface area contributed by atoms with Crippen molar-refractivity contribution in [2.75, 3.05) is 0 Å². The van der Waals surface area contributed by atoms with Crippen molar-refractivity contribution in [3.63, 3.8) is 0 Å². The van der Waals surface area contributed by atoms with Crippen molar-refractivity contribution >= 4 is 23.0 Å². The molecule has 2 aromatic heterocycles. The summed E-state index contributed by atoms with van der Waals surface area (Å²) in [7, 11) is 0. The number of carbonyl (C=O) groups is 2. The summed E-state index contributed by atoms with van der Waals surface area (Å²) in [6, 6.07) is -1.35. The van der Waals surface area contributed by atoms with Gasteiger partial charge in [-0.25, -0.2) is 15.0 Å². The zero-order valence-corrected chi connectivity index (χ0v) is 13.0. The van der Waals surface area contributed by atoms with E-state index in [4.69, 9.17) is 5.73 Å². The number of amides is 2. The smallest absolute Gasteiger partial charge is 0.284 e. The summed E-state index contributed by atoms with van der Waals surface area (Å²) in [4.78, 5) is 35.3. The Morgan fingerprint density at radius 3 is 2.83 bits per heavy atom. The molecule has 24 heavy (non-hydrogen) atoms. The van der Waals surface area contributed by atoms with Gasteiger partial charge in [0.2, 0.25) is 11.7 Å². The molecule has 1 saturated carbocycles. The second-order valence-electron chi connectivity index (χ2n) is 5.71. The number of primary amides is 1. The minimum atomic E-state index is -1.21. The Morgan fingerprint density at radius 1 is 1.42 bits per heavy atom. The lowest BCUT2D eigenvalue weighted by Crippen LogP contribution is -2.42. The van der Waals surface area contributed by atoms with Crippen LogP contribution in [0.4, 0.5) is 0 Å². The number of aliphatic hydroxyl groups excluding tert-OH is 2. The SMILES string of the molecule is CCC(=O)N[C@H]1C[C@@H](n2c(C(N)=O)nc3cncnc32)[C@H](O)[C@@H]1O. The minimum Gasteiger partial charge on any atom is -0.388 e.